The van der Waals surface area contributed by atoms with E-state index in [1.54, 1.807) is 13.2 Å². The average molecular weight is 438 g/mol. The molecule has 0 saturated heterocycles. The Labute approximate surface area is 153 Å². The SMILES string of the molecule is CN=C(NCCc1ccccn1)NCCS(=O)C(C)(C)C.I. The fourth-order valence-corrected chi connectivity index (χ4v) is 2.54. The molecule has 1 rings (SSSR count). The Morgan fingerprint density at radius 2 is 1.95 bits per heavy atom. The minimum atomic E-state index is -0.846. The van der Waals surface area contributed by atoms with Crippen molar-refractivity contribution in [2.75, 3.05) is 25.9 Å². The first-order valence-corrected chi connectivity index (χ1v) is 8.48. The molecule has 1 atom stereocenters. The molecule has 1 heterocycles. The molecular formula is C15H27IN4OS. The maximum absolute atomic E-state index is 11.9. The van der Waals surface area contributed by atoms with Crippen LogP contribution in [0.1, 0.15) is 26.5 Å². The molecule has 7 heteroatoms. The van der Waals surface area contributed by atoms with Gasteiger partial charge in [-0.1, -0.05) is 6.07 Å². The van der Waals surface area contributed by atoms with E-state index in [4.69, 9.17) is 0 Å². The van der Waals surface area contributed by atoms with Gasteiger partial charge in [-0.2, -0.15) is 0 Å². The van der Waals surface area contributed by atoms with Crippen LogP contribution in [-0.4, -0.2) is 45.8 Å². The number of rotatable bonds is 6. The van der Waals surface area contributed by atoms with Gasteiger partial charge in [0.1, 0.15) is 0 Å². The fourth-order valence-electron chi connectivity index (χ4n) is 1.64. The van der Waals surface area contributed by atoms with E-state index < -0.39 is 10.8 Å². The van der Waals surface area contributed by atoms with Crippen molar-refractivity contribution in [1.82, 2.24) is 15.6 Å². The van der Waals surface area contributed by atoms with Crippen molar-refractivity contribution in [2.45, 2.75) is 31.9 Å². The summed E-state index contributed by atoms with van der Waals surface area (Å²) in [5.74, 6) is 1.35. The molecule has 0 amide bonds. The number of aromatic nitrogens is 1. The lowest BCUT2D eigenvalue weighted by Gasteiger charge is -2.18. The second-order valence-electron chi connectivity index (χ2n) is 5.66. The Morgan fingerprint density at radius 3 is 2.50 bits per heavy atom. The lowest BCUT2D eigenvalue weighted by molar-refractivity contribution is 0.647. The molecule has 0 spiro atoms. The molecule has 0 radical (unpaired) electrons. The van der Waals surface area contributed by atoms with Gasteiger partial charge in [0.05, 0.1) is 0 Å². The lowest BCUT2D eigenvalue weighted by Crippen LogP contribution is -2.41. The van der Waals surface area contributed by atoms with Gasteiger partial charge in [-0.15, -0.1) is 24.0 Å². The molecule has 0 fully saturated rings. The van der Waals surface area contributed by atoms with Crippen LogP contribution in [0.3, 0.4) is 0 Å². The van der Waals surface area contributed by atoms with Crippen molar-refractivity contribution < 1.29 is 4.21 Å². The number of hydrogen-bond donors (Lipinski definition) is 2. The average Bonchev–Trinajstić information content (AvgIpc) is 2.45. The van der Waals surface area contributed by atoms with Crippen molar-refractivity contribution in [3.8, 4) is 0 Å². The summed E-state index contributed by atoms with van der Waals surface area (Å²) in [6.07, 6.45) is 2.64. The Bertz CT molecular complexity index is 474. The molecule has 5 nitrogen and oxygen atoms in total. The van der Waals surface area contributed by atoms with E-state index in [2.05, 4.69) is 20.6 Å². The summed E-state index contributed by atoms with van der Waals surface area (Å²) < 4.78 is 11.8. The van der Waals surface area contributed by atoms with Crippen LogP contribution in [0.5, 0.6) is 0 Å². The minimum Gasteiger partial charge on any atom is -0.356 e. The first-order chi connectivity index (χ1) is 9.93. The summed E-state index contributed by atoms with van der Waals surface area (Å²) in [5, 5.41) is 6.41. The number of aliphatic imine (C=N–C) groups is 1. The molecule has 22 heavy (non-hydrogen) atoms. The quantitative estimate of drug-likeness (QED) is 0.405. The van der Waals surface area contributed by atoms with Crippen LogP contribution in [0.25, 0.3) is 0 Å². The highest BCUT2D eigenvalue weighted by molar-refractivity contribution is 14.0. The third kappa shape index (κ3) is 8.67. The van der Waals surface area contributed by atoms with Crippen LogP contribution in [0, 0.1) is 0 Å². The number of halogens is 1. The zero-order valence-corrected chi connectivity index (χ0v) is 16.9. The van der Waals surface area contributed by atoms with Gasteiger partial charge < -0.3 is 10.6 Å². The summed E-state index contributed by atoms with van der Waals surface area (Å²) in [7, 11) is 0.887. The highest BCUT2D eigenvalue weighted by atomic mass is 127. The minimum absolute atomic E-state index is 0. The monoisotopic (exact) mass is 438 g/mol. The zero-order chi connectivity index (χ0) is 15.7. The van der Waals surface area contributed by atoms with Crippen LogP contribution in [-0.2, 0) is 17.2 Å². The van der Waals surface area contributed by atoms with Gasteiger partial charge >= 0.3 is 0 Å². The third-order valence-electron chi connectivity index (χ3n) is 2.89. The highest BCUT2D eigenvalue weighted by Crippen LogP contribution is 2.10. The van der Waals surface area contributed by atoms with E-state index in [1.165, 1.54) is 0 Å². The van der Waals surface area contributed by atoms with Gasteiger partial charge in [0.15, 0.2) is 5.96 Å². The van der Waals surface area contributed by atoms with E-state index in [0.29, 0.717) is 12.3 Å². The molecule has 0 aromatic carbocycles. The highest BCUT2D eigenvalue weighted by Gasteiger charge is 2.18. The fraction of sp³-hybridized carbons (Fsp3) is 0.600. The smallest absolute Gasteiger partial charge is 0.191 e. The first-order valence-electron chi connectivity index (χ1n) is 7.16. The van der Waals surface area contributed by atoms with Crippen molar-refractivity contribution in [3.63, 3.8) is 0 Å². The molecule has 1 aromatic rings. The third-order valence-corrected chi connectivity index (χ3v) is 4.83. The summed E-state index contributed by atoms with van der Waals surface area (Å²) >= 11 is 0. The number of guanidine groups is 1. The largest absolute Gasteiger partial charge is 0.356 e. The molecule has 2 N–H and O–H groups in total. The summed E-state index contributed by atoms with van der Waals surface area (Å²) in [6, 6.07) is 5.90. The molecule has 126 valence electrons. The van der Waals surface area contributed by atoms with Crippen molar-refractivity contribution in [2.24, 2.45) is 4.99 Å². The predicted octanol–water partition coefficient (Wildman–Crippen LogP) is 1.95. The van der Waals surface area contributed by atoms with E-state index >= 15 is 0 Å². The molecular weight excluding hydrogens is 411 g/mol. The summed E-state index contributed by atoms with van der Waals surface area (Å²) in [6.45, 7) is 7.38. The first kappa shape index (κ1) is 21.3. The zero-order valence-electron chi connectivity index (χ0n) is 13.8. The predicted molar refractivity (Wildman–Crippen MR) is 105 cm³/mol. The van der Waals surface area contributed by atoms with Gasteiger partial charge in [-0.25, -0.2) is 0 Å². The standard InChI is InChI=1S/C15H26N4OS.HI/c1-15(2,3)21(20)12-11-19-14(16-4)18-10-8-13-7-5-6-9-17-13;/h5-7,9H,8,10-12H2,1-4H3,(H2,16,18,19);1H. The van der Waals surface area contributed by atoms with Crippen LogP contribution in [0.2, 0.25) is 0 Å². The van der Waals surface area contributed by atoms with Gasteiger partial charge in [0.2, 0.25) is 0 Å². The second kappa shape index (κ2) is 10.9. The molecule has 0 aliphatic heterocycles. The van der Waals surface area contributed by atoms with E-state index in [0.717, 1.165) is 24.6 Å². The van der Waals surface area contributed by atoms with E-state index in [1.807, 2.05) is 39.0 Å². The normalized spacial score (nSPS) is 13.2. The molecule has 1 aromatic heterocycles. The van der Waals surface area contributed by atoms with Crippen LogP contribution < -0.4 is 10.6 Å². The Balaban J connectivity index is 0.00000441. The van der Waals surface area contributed by atoms with Crippen molar-refractivity contribution in [3.05, 3.63) is 30.1 Å². The van der Waals surface area contributed by atoms with Gasteiger partial charge in [0.25, 0.3) is 0 Å². The number of pyridine rings is 1. The maximum Gasteiger partial charge on any atom is 0.191 e. The van der Waals surface area contributed by atoms with Crippen LogP contribution in [0.4, 0.5) is 0 Å². The number of hydrogen-bond acceptors (Lipinski definition) is 3. The van der Waals surface area contributed by atoms with Crippen molar-refractivity contribution >= 4 is 40.7 Å². The summed E-state index contributed by atoms with van der Waals surface area (Å²) in [5.41, 5.74) is 1.05. The molecule has 0 saturated carbocycles. The molecule has 1 unspecified atom stereocenters. The molecule has 0 aliphatic carbocycles. The van der Waals surface area contributed by atoms with Gasteiger partial charge in [-0.3, -0.25) is 14.2 Å². The second-order valence-corrected chi connectivity index (χ2v) is 7.98. The van der Waals surface area contributed by atoms with E-state index in [9.17, 15) is 4.21 Å². The maximum atomic E-state index is 11.9. The number of nitrogens with zero attached hydrogens (tertiary/aromatic N) is 2. The van der Waals surface area contributed by atoms with Crippen molar-refractivity contribution in [1.29, 1.82) is 0 Å². The topological polar surface area (TPSA) is 66.4 Å². The van der Waals surface area contributed by atoms with Gasteiger partial charge in [-0.05, 0) is 32.9 Å². The Kier molecular flexibility index (Phi) is 10.6. The molecule has 0 aliphatic rings. The van der Waals surface area contributed by atoms with E-state index in [-0.39, 0.29) is 28.7 Å². The van der Waals surface area contributed by atoms with Gasteiger partial charge in [0, 0.05) is 59.7 Å². The lowest BCUT2D eigenvalue weighted by atomic mass is 10.3. The summed E-state index contributed by atoms with van der Waals surface area (Å²) in [4.78, 5) is 8.43. The number of nitrogens with one attached hydrogen (secondary N) is 2. The van der Waals surface area contributed by atoms with Crippen LogP contribution >= 0.6 is 24.0 Å². The molecule has 0 bridgehead atoms. The Morgan fingerprint density at radius 1 is 1.27 bits per heavy atom. The van der Waals surface area contributed by atoms with Crippen LogP contribution in [0.15, 0.2) is 29.4 Å². The Hall–Kier alpha value is -0.700.